The van der Waals surface area contributed by atoms with Crippen LogP contribution in [0, 0.1) is 41.5 Å². The van der Waals surface area contributed by atoms with Gasteiger partial charge in [0.05, 0.1) is 33.1 Å². The maximum atomic E-state index is 4.91. The Kier molecular flexibility index (Phi) is 8.20. The number of nitrogens with zero attached hydrogens (tertiary/aromatic N) is 4. The average Bonchev–Trinajstić information content (AvgIpc) is 3.90. The highest BCUT2D eigenvalue weighted by Crippen LogP contribution is 2.40. The number of aryl methyl sites for hydroxylation is 6. The number of hydrogen-bond acceptors (Lipinski definition) is 1. The van der Waals surface area contributed by atoms with E-state index in [4.69, 9.17) is 4.98 Å². The molecule has 8 aromatic carbocycles. The summed E-state index contributed by atoms with van der Waals surface area (Å²) in [7, 11) is 0. The van der Waals surface area contributed by atoms with Gasteiger partial charge in [-0.25, -0.2) is 0 Å². The van der Waals surface area contributed by atoms with Crippen LogP contribution in [0.4, 0.5) is 0 Å². The van der Waals surface area contributed by atoms with Gasteiger partial charge in [-0.05, 0) is 162 Å². The summed E-state index contributed by atoms with van der Waals surface area (Å²) >= 11 is 0. The number of aromatic nitrogens is 4. The van der Waals surface area contributed by atoms with Gasteiger partial charge in [-0.3, -0.25) is 4.98 Å². The van der Waals surface area contributed by atoms with Crippen LogP contribution in [0.3, 0.4) is 0 Å². The minimum absolute atomic E-state index is 1.06. The number of rotatable bonds is 5. The van der Waals surface area contributed by atoms with Gasteiger partial charge in [0.1, 0.15) is 0 Å². The predicted octanol–water partition coefficient (Wildman–Crippen LogP) is 15.6. The summed E-state index contributed by atoms with van der Waals surface area (Å²) in [5.41, 5.74) is 22.5. The van der Waals surface area contributed by atoms with Crippen molar-refractivity contribution in [2.75, 3.05) is 0 Å². The van der Waals surface area contributed by atoms with Crippen LogP contribution in [0.5, 0.6) is 0 Å². The van der Waals surface area contributed by atoms with Crippen molar-refractivity contribution < 1.29 is 0 Å². The van der Waals surface area contributed by atoms with Gasteiger partial charge in [-0.2, -0.15) is 0 Å². The molecule has 4 aromatic heterocycles. The van der Waals surface area contributed by atoms with Crippen molar-refractivity contribution in [3.8, 4) is 39.3 Å². The van der Waals surface area contributed by atoms with E-state index in [-0.39, 0.29) is 0 Å². The van der Waals surface area contributed by atoms with Gasteiger partial charge < -0.3 is 13.7 Å². The van der Waals surface area contributed by atoms with Crippen LogP contribution in [0.15, 0.2) is 170 Å². The Balaban J connectivity index is 1.05. The molecule has 0 aliphatic rings. The van der Waals surface area contributed by atoms with Gasteiger partial charge in [0.2, 0.25) is 0 Å². The monoisotopic (exact) mass is 810 g/mol. The molecule has 12 aromatic rings. The molecule has 0 atom stereocenters. The molecule has 4 heterocycles. The first-order valence-corrected chi connectivity index (χ1v) is 21.9. The molecule has 0 N–H and O–H groups in total. The predicted molar refractivity (Wildman–Crippen MR) is 267 cm³/mol. The van der Waals surface area contributed by atoms with Crippen molar-refractivity contribution >= 4 is 65.4 Å². The molecule has 0 bridgehead atoms. The zero-order valence-corrected chi connectivity index (χ0v) is 36.5. The highest BCUT2D eigenvalue weighted by atomic mass is 15.0. The molecule has 0 saturated heterocycles. The topological polar surface area (TPSA) is 27.7 Å². The van der Waals surface area contributed by atoms with Gasteiger partial charge in [0, 0.05) is 72.9 Å². The molecular formula is C59H46N4. The Hall–Kier alpha value is -7.69. The smallest absolute Gasteiger partial charge is 0.0541 e. The van der Waals surface area contributed by atoms with Crippen LogP contribution in [0.25, 0.3) is 105 Å². The summed E-state index contributed by atoms with van der Waals surface area (Å²) in [6, 6.07) is 59.3. The second-order valence-electron chi connectivity index (χ2n) is 17.9. The maximum absolute atomic E-state index is 4.91. The Morgan fingerprint density at radius 1 is 0.254 bits per heavy atom. The van der Waals surface area contributed by atoms with E-state index in [0.29, 0.717) is 0 Å². The Morgan fingerprint density at radius 3 is 0.889 bits per heavy atom. The molecule has 0 unspecified atom stereocenters. The summed E-state index contributed by atoms with van der Waals surface area (Å²) in [4.78, 5) is 4.91. The molecule has 4 nitrogen and oxygen atoms in total. The van der Waals surface area contributed by atoms with Gasteiger partial charge in [-0.1, -0.05) is 81.9 Å². The Morgan fingerprint density at radius 2 is 0.556 bits per heavy atom. The molecule has 0 amide bonds. The molecule has 4 heteroatoms. The molecule has 12 rings (SSSR count). The zero-order valence-electron chi connectivity index (χ0n) is 36.5. The molecule has 0 aliphatic carbocycles. The molecule has 0 saturated carbocycles. The van der Waals surface area contributed by atoms with Crippen LogP contribution in [-0.4, -0.2) is 18.7 Å². The second kappa shape index (κ2) is 13.9. The van der Waals surface area contributed by atoms with Crippen LogP contribution >= 0.6 is 0 Å². The zero-order chi connectivity index (χ0) is 42.7. The lowest BCUT2D eigenvalue weighted by Crippen LogP contribution is -2.00. The first-order chi connectivity index (χ1) is 30.6. The van der Waals surface area contributed by atoms with Crippen LogP contribution < -0.4 is 0 Å². The van der Waals surface area contributed by atoms with Crippen molar-refractivity contribution in [2.45, 2.75) is 41.5 Å². The average molecular weight is 811 g/mol. The van der Waals surface area contributed by atoms with E-state index >= 15 is 0 Å². The highest BCUT2D eigenvalue weighted by Gasteiger charge is 2.19. The fourth-order valence-electron chi connectivity index (χ4n) is 10.2. The molecule has 0 aliphatic heterocycles. The van der Waals surface area contributed by atoms with E-state index in [1.54, 1.807) is 0 Å². The Labute approximate surface area is 366 Å². The minimum atomic E-state index is 1.06. The summed E-state index contributed by atoms with van der Waals surface area (Å²) in [5, 5.41) is 7.63. The van der Waals surface area contributed by atoms with Crippen LogP contribution in [0.2, 0.25) is 0 Å². The highest BCUT2D eigenvalue weighted by molar-refractivity contribution is 6.12. The minimum Gasteiger partial charge on any atom is -0.309 e. The van der Waals surface area contributed by atoms with Gasteiger partial charge in [0.25, 0.3) is 0 Å². The van der Waals surface area contributed by atoms with Crippen molar-refractivity contribution in [1.29, 1.82) is 0 Å². The van der Waals surface area contributed by atoms with Crippen molar-refractivity contribution in [1.82, 2.24) is 18.7 Å². The summed E-state index contributed by atoms with van der Waals surface area (Å²) < 4.78 is 7.29. The normalized spacial score (nSPS) is 12.0. The third-order valence-electron chi connectivity index (χ3n) is 13.2. The SMILES string of the molecule is Cc1ccc2c(c1)c1cc(C)ccc1n2-c1ccc(-c2cncc(-c3cc(-n4c5ccc(C)cc5c5cc(C)ccc54)cc(-n4c5ccc(C)cc5c5cc(C)ccc54)c3)c2)cc1. The standard InChI is InChI=1S/C59H46N4/c1-35-7-17-54-48(23-35)49-24-36(2)8-18-55(49)61(54)45-15-13-41(14-16-45)43-29-44(34-60-33-43)42-30-46(62-56-19-9-37(3)25-50(56)51-26-38(4)10-20-57(51)62)32-47(31-42)63-58-21-11-39(5)27-52(58)53-28-40(6)12-22-59(53)63/h7-34H,1-6H3. The van der Waals surface area contributed by atoms with Crippen LogP contribution in [0.1, 0.15) is 33.4 Å². The van der Waals surface area contributed by atoms with Crippen molar-refractivity contribution in [3.05, 3.63) is 203 Å². The van der Waals surface area contributed by atoms with E-state index in [0.717, 1.165) is 39.3 Å². The third kappa shape index (κ3) is 5.93. The molecule has 0 radical (unpaired) electrons. The molecule has 302 valence electrons. The quantitative estimate of drug-likeness (QED) is 0.170. The van der Waals surface area contributed by atoms with Gasteiger partial charge >= 0.3 is 0 Å². The lowest BCUT2D eigenvalue weighted by atomic mass is 10.0. The number of hydrogen-bond donors (Lipinski definition) is 0. The van der Waals surface area contributed by atoms with E-state index in [1.165, 1.54) is 98.8 Å². The van der Waals surface area contributed by atoms with Gasteiger partial charge in [0.15, 0.2) is 0 Å². The first kappa shape index (κ1) is 37.1. The third-order valence-corrected chi connectivity index (χ3v) is 13.2. The first-order valence-electron chi connectivity index (χ1n) is 21.9. The van der Waals surface area contributed by atoms with Crippen molar-refractivity contribution in [2.24, 2.45) is 0 Å². The second-order valence-corrected chi connectivity index (χ2v) is 17.9. The van der Waals surface area contributed by atoms with E-state index < -0.39 is 0 Å². The molecule has 63 heavy (non-hydrogen) atoms. The summed E-state index contributed by atoms with van der Waals surface area (Å²) in [5.74, 6) is 0. The molecular weight excluding hydrogens is 765 g/mol. The molecule has 0 spiro atoms. The summed E-state index contributed by atoms with van der Waals surface area (Å²) in [6.45, 7) is 13.1. The van der Waals surface area contributed by atoms with E-state index in [9.17, 15) is 0 Å². The number of pyridine rings is 1. The summed E-state index contributed by atoms with van der Waals surface area (Å²) in [6.07, 6.45) is 4.00. The van der Waals surface area contributed by atoms with Crippen molar-refractivity contribution in [3.63, 3.8) is 0 Å². The number of benzene rings is 8. The Bertz CT molecular complexity index is 3530. The lowest BCUT2D eigenvalue weighted by Gasteiger charge is -2.16. The maximum Gasteiger partial charge on any atom is 0.0541 e. The fraction of sp³-hybridized carbons (Fsp3) is 0.102. The van der Waals surface area contributed by atoms with Crippen LogP contribution in [-0.2, 0) is 0 Å². The van der Waals surface area contributed by atoms with E-state index in [1.807, 2.05) is 12.4 Å². The number of fused-ring (bicyclic) bond motifs is 9. The van der Waals surface area contributed by atoms with E-state index in [2.05, 4.69) is 213 Å². The fourth-order valence-corrected chi connectivity index (χ4v) is 10.2. The lowest BCUT2D eigenvalue weighted by molar-refractivity contribution is 1.13. The molecule has 0 fully saturated rings. The largest absolute Gasteiger partial charge is 0.309 e. The van der Waals surface area contributed by atoms with Gasteiger partial charge in [-0.15, -0.1) is 0 Å².